The molecule has 1 aliphatic rings. The van der Waals surface area contributed by atoms with Crippen LogP contribution in [0.1, 0.15) is 19.8 Å². The molecule has 1 amide bonds. The van der Waals surface area contributed by atoms with Crippen LogP contribution in [0.2, 0.25) is 0 Å². The first-order chi connectivity index (χ1) is 9.54. The van der Waals surface area contributed by atoms with Gasteiger partial charge in [-0.05, 0) is 30.5 Å². The summed E-state index contributed by atoms with van der Waals surface area (Å²) in [4.78, 5) is 14.0. The van der Waals surface area contributed by atoms with Crippen molar-refractivity contribution in [2.24, 2.45) is 5.92 Å². The average Bonchev–Trinajstić information content (AvgIpc) is 2.40. The van der Waals surface area contributed by atoms with Crippen molar-refractivity contribution in [2.75, 3.05) is 25.0 Å². The van der Waals surface area contributed by atoms with Gasteiger partial charge in [-0.3, -0.25) is 4.79 Å². The highest BCUT2D eigenvalue weighted by molar-refractivity contribution is 5.90. The molecule has 0 aliphatic carbocycles. The van der Waals surface area contributed by atoms with E-state index in [9.17, 15) is 14.3 Å². The van der Waals surface area contributed by atoms with Gasteiger partial charge in [-0.2, -0.15) is 0 Å². The minimum atomic E-state index is -0.360. The zero-order valence-electron chi connectivity index (χ0n) is 11.7. The van der Waals surface area contributed by atoms with Crippen LogP contribution in [-0.4, -0.2) is 41.7 Å². The van der Waals surface area contributed by atoms with E-state index >= 15 is 0 Å². The third-order valence-corrected chi connectivity index (χ3v) is 3.71. The van der Waals surface area contributed by atoms with Gasteiger partial charge in [0.05, 0.1) is 6.10 Å². The lowest BCUT2D eigenvalue weighted by Crippen LogP contribution is -2.42. The van der Waals surface area contributed by atoms with Crippen LogP contribution in [-0.2, 0) is 4.79 Å². The molecule has 1 heterocycles. The van der Waals surface area contributed by atoms with E-state index in [0.29, 0.717) is 18.7 Å². The molecular formula is C15H21FN2O2. The third-order valence-electron chi connectivity index (χ3n) is 3.71. The van der Waals surface area contributed by atoms with Gasteiger partial charge in [-0.25, -0.2) is 4.39 Å². The van der Waals surface area contributed by atoms with Crippen LogP contribution in [0, 0.1) is 11.7 Å². The maximum atomic E-state index is 13.0. The lowest BCUT2D eigenvalue weighted by atomic mass is 9.97. The van der Waals surface area contributed by atoms with E-state index in [1.165, 1.54) is 12.1 Å². The molecule has 5 heteroatoms. The van der Waals surface area contributed by atoms with E-state index in [1.807, 2.05) is 6.92 Å². The summed E-state index contributed by atoms with van der Waals surface area (Å²) in [5, 5.41) is 12.3. The van der Waals surface area contributed by atoms with Crippen LogP contribution in [0.3, 0.4) is 0 Å². The predicted molar refractivity (Wildman–Crippen MR) is 75.9 cm³/mol. The number of hydrogen-bond donors (Lipinski definition) is 2. The second-order valence-corrected chi connectivity index (χ2v) is 5.44. The maximum absolute atomic E-state index is 13.0. The van der Waals surface area contributed by atoms with Gasteiger partial charge in [0.25, 0.3) is 0 Å². The number of hydrogen-bond acceptors (Lipinski definition) is 3. The van der Waals surface area contributed by atoms with Crippen molar-refractivity contribution in [3.63, 3.8) is 0 Å². The fraction of sp³-hybridized carbons (Fsp3) is 0.533. The van der Waals surface area contributed by atoms with Gasteiger partial charge in [0.1, 0.15) is 5.82 Å². The van der Waals surface area contributed by atoms with Crippen LogP contribution < -0.4 is 5.32 Å². The number of aliphatic hydroxyl groups is 1. The maximum Gasteiger partial charge on any atom is 0.225 e. The largest absolute Gasteiger partial charge is 0.393 e. The van der Waals surface area contributed by atoms with Gasteiger partial charge in [0.2, 0.25) is 5.91 Å². The monoisotopic (exact) mass is 280 g/mol. The Bertz CT molecular complexity index is 467. The first-order valence-corrected chi connectivity index (χ1v) is 7.00. The Morgan fingerprint density at radius 2 is 2.35 bits per heavy atom. The molecule has 0 spiro atoms. The molecule has 4 nitrogen and oxygen atoms in total. The quantitative estimate of drug-likeness (QED) is 0.885. The van der Waals surface area contributed by atoms with Crippen LogP contribution in [0.5, 0.6) is 0 Å². The van der Waals surface area contributed by atoms with Crippen LogP contribution in [0.25, 0.3) is 0 Å². The molecule has 0 radical (unpaired) electrons. The van der Waals surface area contributed by atoms with E-state index in [4.69, 9.17) is 0 Å². The molecular weight excluding hydrogens is 259 g/mol. The molecule has 1 aromatic carbocycles. The number of carbonyl (C=O) groups excluding carboxylic acids is 1. The normalized spacial score (nSPS) is 23.6. The topological polar surface area (TPSA) is 52.6 Å². The Hall–Kier alpha value is -1.46. The Labute approximate surface area is 118 Å². The van der Waals surface area contributed by atoms with Crippen LogP contribution >= 0.6 is 0 Å². The molecule has 1 saturated heterocycles. The summed E-state index contributed by atoms with van der Waals surface area (Å²) in [5.41, 5.74) is 0.484. The lowest BCUT2D eigenvalue weighted by molar-refractivity contribution is -0.116. The standard InChI is InChI=1S/C15H21FN2O2/c1-11-10-18(7-5-14(11)19)8-6-15(20)17-13-4-2-3-12(16)9-13/h2-4,9,11,14,19H,5-8,10H2,1H3,(H,17,20). The molecule has 110 valence electrons. The minimum absolute atomic E-state index is 0.116. The zero-order valence-corrected chi connectivity index (χ0v) is 11.7. The highest BCUT2D eigenvalue weighted by Crippen LogP contribution is 2.16. The molecule has 2 rings (SSSR count). The summed E-state index contributed by atoms with van der Waals surface area (Å²) in [6, 6.07) is 5.88. The van der Waals surface area contributed by atoms with Crippen molar-refractivity contribution in [3.8, 4) is 0 Å². The first-order valence-electron chi connectivity index (χ1n) is 7.00. The van der Waals surface area contributed by atoms with Crippen molar-refractivity contribution >= 4 is 11.6 Å². The number of nitrogens with one attached hydrogen (secondary N) is 1. The Kier molecular flexibility index (Phi) is 5.09. The Balaban J connectivity index is 1.75. The van der Waals surface area contributed by atoms with Crippen molar-refractivity contribution < 1.29 is 14.3 Å². The Morgan fingerprint density at radius 1 is 1.55 bits per heavy atom. The molecule has 1 fully saturated rings. The number of carbonyl (C=O) groups is 1. The molecule has 0 saturated carbocycles. The van der Waals surface area contributed by atoms with Crippen molar-refractivity contribution in [1.29, 1.82) is 0 Å². The summed E-state index contributed by atoms with van der Waals surface area (Å²) < 4.78 is 13.0. The number of likely N-dealkylation sites (tertiary alicyclic amines) is 1. The minimum Gasteiger partial charge on any atom is -0.393 e. The summed E-state index contributed by atoms with van der Waals surface area (Å²) in [7, 11) is 0. The lowest BCUT2D eigenvalue weighted by Gasteiger charge is -2.34. The molecule has 20 heavy (non-hydrogen) atoms. The van der Waals surface area contributed by atoms with Gasteiger partial charge >= 0.3 is 0 Å². The SMILES string of the molecule is CC1CN(CCC(=O)Nc2cccc(F)c2)CCC1O. The van der Waals surface area contributed by atoms with Gasteiger partial charge in [0, 0.05) is 31.7 Å². The van der Waals surface area contributed by atoms with E-state index in [-0.39, 0.29) is 23.7 Å². The second-order valence-electron chi connectivity index (χ2n) is 5.44. The molecule has 2 N–H and O–H groups in total. The summed E-state index contributed by atoms with van der Waals surface area (Å²) in [6.45, 7) is 4.31. The Morgan fingerprint density at radius 3 is 3.05 bits per heavy atom. The molecule has 1 aliphatic heterocycles. The van der Waals surface area contributed by atoms with Crippen LogP contribution in [0.4, 0.5) is 10.1 Å². The summed E-state index contributed by atoms with van der Waals surface area (Å²) >= 11 is 0. The molecule has 2 unspecified atom stereocenters. The van der Waals surface area contributed by atoms with Gasteiger partial charge < -0.3 is 15.3 Å². The number of halogens is 1. The van der Waals surface area contributed by atoms with Gasteiger partial charge in [-0.15, -0.1) is 0 Å². The molecule has 2 atom stereocenters. The summed E-state index contributed by atoms with van der Waals surface area (Å²) in [5.74, 6) is -0.231. The van der Waals surface area contributed by atoms with E-state index in [2.05, 4.69) is 10.2 Å². The van der Waals surface area contributed by atoms with Gasteiger partial charge in [-0.1, -0.05) is 13.0 Å². The van der Waals surface area contributed by atoms with Gasteiger partial charge in [0.15, 0.2) is 0 Å². The predicted octanol–water partition coefficient (Wildman–Crippen LogP) is 1.86. The number of benzene rings is 1. The number of aliphatic hydroxyl groups excluding tert-OH is 1. The van der Waals surface area contributed by atoms with Crippen molar-refractivity contribution in [2.45, 2.75) is 25.9 Å². The average molecular weight is 280 g/mol. The van der Waals surface area contributed by atoms with Crippen LogP contribution in [0.15, 0.2) is 24.3 Å². The number of anilines is 1. The number of amides is 1. The van der Waals surface area contributed by atoms with E-state index in [0.717, 1.165) is 19.5 Å². The third kappa shape index (κ3) is 4.28. The molecule has 1 aromatic rings. The van der Waals surface area contributed by atoms with Crippen molar-refractivity contribution in [1.82, 2.24) is 4.90 Å². The fourth-order valence-corrected chi connectivity index (χ4v) is 2.47. The fourth-order valence-electron chi connectivity index (χ4n) is 2.47. The highest BCUT2D eigenvalue weighted by atomic mass is 19.1. The number of rotatable bonds is 4. The molecule has 0 aromatic heterocycles. The first kappa shape index (κ1) is 14.9. The molecule has 0 bridgehead atoms. The van der Waals surface area contributed by atoms with Crippen molar-refractivity contribution in [3.05, 3.63) is 30.1 Å². The number of piperidine rings is 1. The second kappa shape index (κ2) is 6.81. The van der Waals surface area contributed by atoms with E-state index < -0.39 is 0 Å². The zero-order chi connectivity index (χ0) is 14.5. The summed E-state index contributed by atoms with van der Waals surface area (Å²) in [6.07, 6.45) is 0.902. The highest BCUT2D eigenvalue weighted by Gasteiger charge is 2.24. The number of nitrogens with zero attached hydrogens (tertiary/aromatic N) is 1. The van der Waals surface area contributed by atoms with E-state index in [1.54, 1.807) is 12.1 Å². The smallest absolute Gasteiger partial charge is 0.225 e.